The predicted molar refractivity (Wildman–Crippen MR) is 57.6 cm³/mol. The highest BCUT2D eigenvalue weighted by atomic mass is 16.5. The van der Waals surface area contributed by atoms with Gasteiger partial charge in [0, 0.05) is 25.2 Å². The monoisotopic (exact) mass is 230 g/mol. The van der Waals surface area contributed by atoms with E-state index in [9.17, 15) is 9.59 Å². The molecule has 0 aromatic carbocycles. The number of hydrogen-bond donors (Lipinski definition) is 1. The quantitative estimate of drug-likeness (QED) is 0.395. The van der Waals surface area contributed by atoms with Crippen LogP contribution in [0.15, 0.2) is 12.2 Å². The van der Waals surface area contributed by atoms with Gasteiger partial charge in [-0.2, -0.15) is 0 Å². The summed E-state index contributed by atoms with van der Waals surface area (Å²) in [6, 6.07) is 0. The summed E-state index contributed by atoms with van der Waals surface area (Å²) in [7, 11) is 0. The number of hydrogen-bond acceptors (Lipinski definition) is 5. The molecule has 0 unspecified atom stereocenters. The van der Waals surface area contributed by atoms with E-state index in [0.717, 1.165) is 12.2 Å². The van der Waals surface area contributed by atoms with Gasteiger partial charge in [0.15, 0.2) is 0 Å². The van der Waals surface area contributed by atoms with Crippen LogP contribution in [0.5, 0.6) is 0 Å². The number of aliphatic hydroxyl groups excluding tert-OH is 1. The molecule has 92 valence electrons. The lowest BCUT2D eigenvalue weighted by Crippen LogP contribution is -2.09. The van der Waals surface area contributed by atoms with Crippen molar-refractivity contribution in [2.75, 3.05) is 19.8 Å². The fourth-order valence-corrected chi connectivity index (χ4v) is 0.718. The Morgan fingerprint density at radius 1 is 1.19 bits per heavy atom. The van der Waals surface area contributed by atoms with E-state index in [2.05, 4.69) is 4.74 Å². The van der Waals surface area contributed by atoms with Crippen molar-refractivity contribution in [2.45, 2.75) is 20.3 Å². The summed E-state index contributed by atoms with van der Waals surface area (Å²) in [6.45, 7) is 4.26. The van der Waals surface area contributed by atoms with E-state index in [1.165, 1.54) is 0 Å². The van der Waals surface area contributed by atoms with Crippen molar-refractivity contribution in [1.29, 1.82) is 0 Å². The number of carbonyl (C=O) groups is 2. The van der Waals surface area contributed by atoms with Crippen LogP contribution in [0.3, 0.4) is 0 Å². The first-order valence-electron chi connectivity index (χ1n) is 5.18. The van der Waals surface area contributed by atoms with E-state index in [0.29, 0.717) is 13.0 Å². The zero-order chi connectivity index (χ0) is 12.4. The van der Waals surface area contributed by atoms with Gasteiger partial charge in [0.2, 0.25) is 0 Å². The first kappa shape index (κ1) is 14.6. The zero-order valence-corrected chi connectivity index (χ0v) is 9.64. The highest BCUT2D eigenvalue weighted by Crippen LogP contribution is 1.94. The SMILES string of the molecule is CC(C)COC(=O)/C=C\C(=O)OCCCO. The predicted octanol–water partition coefficient (Wildman–Crippen LogP) is 0.667. The number of rotatable bonds is 7. The summed E-state index contributed by atoms with van der Waals surface area (Å²) in [5.74, 6) is -0.920. The van der Waals surface area contributed by atoms with Crippen LogP contribution >= 0.6 is 0 Å². The lowest BCUT2D eigenvalue weighted by molar-refractivity contribution is -0.141. The minimum Gasteiger partial charge on any atom is -0.462 e. The van der Waals surface area contributed by atoms with Gasteiger partial charge in [0.1, 0.15) is 0 Å². The number of ether oxygens (including phenoxy) is 2. The Labute approximate surface area is 95.0 Å². The third-order valence-corrected chi connectivity index (χ3v) is 1.46. The van der Waals surface area contributed by atoms with Crippen molar-refractivity contribution in [1.82, 2.24) is 0 Å². The molecular weight excluding hydrogens is 212 g/mol. The topological polar surface area (TPSA) is 72.8 Å². The highest BCUT2D eigenvalue weighted by Gasteiger charge is 2.02. The molecule has 0 fully saturated rings. The van der Waals surface area contributed by atoms with Gasteiger partial charge < -0.3 is 14.6 Å². The molecule has 0 radical (unpaired) electrons. The molecular formula is C11H18O5. The number of carbonyl (C=O) groups excluding carboxylic acids is 2. The fraction of sp³-hybridized carbons (Fsp3) is 0.636. The molecule has 0 aromatic rings. The van der Waals surface area contributed by atoms with Crippen LogP contribution in [-0.4, -0.2) is 36.9 Å². The molecule has 0 saturated heterocycles. The maximum atomic E-state index is 11.0. The standard InChI is InChI=1S/C11H18O5/c1-9(2)8-16-11(14)5-4-10(13)15-7-3-6-12/h4-5,9,12H,3,6-8H2,1-2H3/b5-4-. The average molecular weight is 230 g/mol. The molecule has 5 heteroatoms. The summed E-state index contributed by atoms with van der Waals surface area (Å²) >= 11 is 0. The molecule has 0 amide bonds. The van der Waals surface area contributed by atoms with E-state index < -0.39 is 11.9 Å². The van der Waals surface area contributed by atoms with Gasteiger partial charge in [-0.3, -0.25) is 0 Å². The minimum absolute atomic E-state index is 0.0343. The van der Waals surface area contributed by atoms with Crippen molar-refractivity contribution in [3.63, 3.8) is 0 Å². The molecule has 16 heavy (non-hydrogen) atoms. The Bertz CT molecular complexity index is 245. The first-order valence-corrected chi connectivity index (χ1v) is 5.18. The summed E-state index contributed by atoms with van der Waals surface area (Å²) in [4.78, 5) is 22.0. The Hall–Kier alpha value is -1.36. The van der Waals surface area contributed by atoms with E-state index in [4.69, 9.17) is 9.84 Å². The third kappa shape index (κ3) is 9.21. The van der Waals surface area contributed by atoms with Crippen molar-refractivity contribution >= 4 is 11.9 Å². The lowest BCUT2D eigenvalue weighted by atomic mass is 10.2. The van der Waals surface area contributed by atoms with Crippen molar-refractivity contribution in [3.8, 4) is 0 Å². The van der Waals surface area contributed by atoms with Gasteiger partial charge in [0.05, 0.1) is 13.2 Å². The number of esters is 2. The molecule has 0 aliphatic heterocycles. The fourth-order valence-electron chi connectivity index (χ4n) is 0.718. The van der Waals surface area contributed by atoms with Crippen LogP contribution < -0.4 is 0 Å². The summed E-state index contributed by atoms with van der Waals surface area (Å²) in [5.41, 5.74) is 0. The van der Waals surface area contributed by atoms with Crippen LogP contribution in [0, 0.1) is 5.92 Å². The van der Waals surface area contributed by atoms with Crippen LogP contribution in [0.4, 0.5) is 0 Å². The molecule has 5 nitrogen and oxygen atoms in total. The maximum Gasteiger partial charge on any atom is 0.331 e. The summed E-state index contributed by atoms with van der Waals surface area (Å²) in [6.07, 6.45) is 2.43. The first-order chi connectivity index (χ1) is 7.56. The van der Waals surface area contributed by atoms with Crippen molar-refractivity contribution in [2.24, 2.45) is 5.92 Å². The lowest BCUT2D eigenvalue weighted by Gasteiger charge is -2.03. The number of aliphatic hydroxyl groups is 1. The highest BCUT2D eigenvalue weighted by molar-refractivity contribution is 5.91. The van der Waals surface area contributed by atoms with Gasteiger partial charge >= 0.3 is 11.9 Å². The average Bonchev–Trinajstić information content (AvgIpc) is 2.24. The molecule has 0 aliphatic rings. The molecule has 0 spiro atoms. The van der Waals surface area contributed by atoms with Crippen LogP contribution in [0.25, 0.3) is 0 Å². The Morgan fingerprint density at radius 3 is 2.25 bits per heavy atom. The molecule has 0 atom stereocenters. The second kappa shape index (κ2) is 8.91. The van der Waals surface area contributed by atoms with Gasteiger partial charge in [-0.1, -0.05) is 13.8 Å². The molecule has 0 rings (SSSR count). The zero-order valence-electron chi connectivity index (χ0n) is 9.64. The Morgan fingerprint density at radius 2 is 1.75 bits per heavy atom. The van der Waals surface area contributed by atoms with E-state index >= 15 is 0 Å². The maximum absolute atomic E-state index is 11.0. The largest absolute Gasteiger partial charge is 0.462 e. The van der Waals surface area contributed by atoms with Gasteiger partial charge in [-0.15, -0.1) is 0 Å². The van der Waals surface area contributed by atoms with E-state index in [1.54, 1.807) is 0 Å². The van der Waals surface area contributed by atoms with Crippen molar-refractivity contribution < 1.29 is 24.2 Å². The van der Waals surface area contributed by atoms with Crippen LogP contribution in [-0.2, 0) is 19.1 Å². The van der Waals surface area contributed by atoms with Gasteiger partial charge in [0.25, 0.3) is 0 Å². The smallest absolute Gasteiger partial charge is 0.331 e. The Balaban J connectivity index is 3.71. The Kier molecular flexibility index (Phi) is 8.15. The molecule has 0 saturated carbocycles. The molecule has 0 aromatic heterocycles. The van der Waals surface area contributed by atoms with Gasteiger partial charge in [-0.05, 0) is 5.92 Å². The summed E-state index contributed by atoms with van der Waals surface area (Å²) in [5, 5.41) is 8.44. The van der Waals surface area contributed by atoms with E-state index in [-0.39, 0.29) is 19.1 Å². The van der Waals surface area contributed by atoms with Crippen LogP contribution in [0.1, 0.15) is 20.3 Å². The van der Waals surface area contributed by atoms with Crippen molar-refractivity contribution in [3.05, 3.63) is 12.2 Å². The second-order valence-electron chi connectivity index (χ2n) is 3.60. The molecule has 0 aliphatic carbocycles. The molecule has 1 N–H and O–H groups in total. The van der Waals surface area contributed by atoms with E-state index in [1.807, 2.05) is 13.8 Å². The summed E-state index contributed by atoms with van der Waals surface area (Å²) < 4.78 is 9.47. The normalized spacial score (nSPS) is 10.8. The molecule has 0 heterocycles. The third-order valence-electron chi connectivity index (χ3n) is 1.46. The minimum atomic E-state index is -0.616. The van der Waals surface area contributed by atoms with Gasteiger partial charge in [-0.25, -0.2) is 9.59 Å². The van der Waals surface area contributed by atoms with Crippen LogP contribution in [0.2, 0.25) is 0 Å². The second-order valence-corrected chi connectivity index (χ2v) is 3.60. The molecule has 0 bridgehead atoms.